The lowest BCUT2D eigenvalue weighted by atomic mass is 10.0. The van der Waals surface area contributed by atoms with E-state index in [1.165, 1.54) is 0 Å². The van der Waals surface area contributed by atoms with Crippen molar-refractivity contribution in [1.29, 1.82) is 0 Å². The predicted molar refractivity (Wildman–Crippen MR) is 55.1 cm³/mol. The van der Waals surface area contributed by atoms with E-state index in [9.17, 15) is 0 Å². The van der Waals surface area contributed by atoms with Crippen LogP contribution in [0.5, 0.6) is 5.88 Å². The maximum Gasteiger partial charge on any atom is 0.216 e. The summed E-state index contributed by atoms with van der Waals surface area (Å²) in [5.41, 5.74) is 5.92. The molecule has 14 heavy (non-hydrogen) atoms. The third-order valence-corrected chi connectivity index (χ3v) is 2.16. The summed E-state index contributed by atoms with van der Waals surface area (Å²) in [7, 11) is 1.59. The standard InChI is InChI=1S/C10H17N3O/c1-7(2)8(11)6-9-12-5-4-10(13-9)14-3/h4-5,7-8H,6,11H2,1-3H3. The molecular formula is C10H17N3O. The number of aromatic nitrogens is 2. The molecule has 78 valence electrons. The van der Waals surface area contributed by atoms with E-state index in [0.717, 1.165) is 5.82 Å². The number of hydrogen-bond donors (Lipinski definition) is 1. The van der Waals surface area contributed by atoms with Crippen molar-refractivity contribution in [2.45, 2.75) is 26.3 Å². The second-order valence-corrected chi connectivity index (χ2v) is 3.63. The van der Waals surface area contributed by atoms with Gasteiger partial charge < -0.3 is 10.5 Å². The van der Waals surface area contributed by atoms with E-state index in [-0.39, 0.29) is 6.04 Å². The second-order valence-electron chi connectivity index (χ2n) is 3.63. The van der Waals surface area contributed by atoms with Crippen molar-refractivity contribution in [3.8, 4) is 5.88 Å². The highest BCUT2D eigenvalue weighted by molar-refractivity contribution is 5.08. The summed E-state index contributed by atoms with van der Waals surface area (Å²) in [4.78, 5) is 8.34. The summed E-state index contributed by atoms with van der Waals surface area (Å²) in [6, 6.07) is 1.83. The average molecular weight is 195 g/mol. The van der Waals surface area contributed by atoms with E-state index in [1.807, 2.05) is 0 Å². The largest absolute Gasteiger partial charge is 0.481 e. The molecular weight excluding hydrogens is 178 g/mol. The van der Waals surface area contributed by atoms with Gasteiger partial charge in [-0.05, 0) is 5.92 Å². The van der Waals surface area contributed by atoms with Crippen LogP contribution < -0.4 is 10.5 Å². The third kappa shape index (κ3) is 2.96. The zero-order valence-electron chi connectivity index (χ0n) is 8.90. The Kier molecular flexibility index (Phi) is 3.83. The summed E-state index contributed by atoms with van der Waals surface area (Å²) in [5.74, 6) is 1.77. The lowest BCUT2D eigenvalue weighted by molar-refractivity contribution is 0.392. The van der Waals surface area contributed by atoms with E-state index < -0.39 is 0 Å². The van der Waals surface area contributed by atoms with E-state index in [4.69, 9.17) is 10.5 Å². The summed E-state index contributed by atoms with van der Waals surface area (Å²) in [6.07, 6.45) is 2.38. The van der Waals surface area contributed by atoms with Gasteiger partial charge in [0.05, 0.1) is 7.11 Å². The van der Waals surface area contributed by atoms with Gasteiger partial charge in [0.2, 0.25) is 5.88 Å². The second kappa shape index (κ2) is 4.91. The Morgan fingerprint density at radius 1 is 1.50 bits per heavy atom. The topological polar surface area (TPSA) is 61.0 Å². The van der Waals surface area contributed by atoms with Gasteiger partial charge in [0.15, 0.2) is 0 Å². The van der Waals surface area contributed by atoms with Crippen LogP contribution in [0.3, 0.4) is 0 Å². The van der Waals surface area contributed by atoms with Gasteiger partial charge in [0, 0.05) is 24.7 Å². The summed E-state index contributed by atoms with van der Waals surface area (Å²) in [5, 5.41) is 0. The minimum Gasteiger partial charge on any atom is -0.481 e. The Morgan fingerprint density at radius 3 is 2.79 bits per heavy atom. The van der Waals surface area contributed by atoms with E-state index >= 15 is 0 Å². The molecule has 0 aliphatic rings. The zero-order chi connectivity index (χ0) is 10.6. The fraction of sp³-hybridized carbons (Fsp3) is 0.600. The summed E-state index contributed by atoms with van der Waals surface area (Å²) < 4.78 is 5.00. The first-order valence-corrected chi connectivity index (χ1v) is 4.75. The number of nitrogens with two attached hydrogens (primary N) is 1. The highest BCUT2D eigenvalue weighted by Gasteiger charge is 2.10. The fourth-order valence-corrected chi connectivity index (χ4v) is 1.04. The molecule has 0 bridgehead atoms. The Bertz CT molecular complexity index is 288. The van der Waals surface area contributed by atoms with Gasteiger partial charge in [0.25, 0.3) is 0 Å². The van der Waals surface area contributed by atoms with Crippen molar-refractivity contribution >= 4 is 0 Å². The molecule has 0 radical (unpaired) electrons. The number of rotatable bonds is 4. The molecule has 0 aliphatic carbocycles. The quantitative estimate of drug-likeness (QED) is 0.779. The first-order chi connectivity index (χ1) is 6.63. The van der Waals surface area contributed by atoms with Crippen molar-refractivity contribution < 1.29 is 4.74 Å². The number of methoxy groups -OCH3 is 1. The molecule has 0 aliphatic heterocycles. The highest BCUT2D eigenvalue weighted by atomic mass is 16.5. The minimum absolute atomic E-state index is 0.0992. The van der Waals surface area contributed by atoms with Crippen molar-refractivity contribution in [3.63, 3.8) is 0 Å². The van der Waals surface area contributed by atoms with Gasteiger partial charge in [0.1, 0.15) is 5.82 Å². The Labute approximate surface area is 84.5 Å². The average Bonchev–Trinajstić information content (AvgIpc) is 2.18. The van der Waals surface area contributed by atoms with Crippen LogP contribution in [0.15, 0.2) is 12.3 Å². The molecule has 0 fully saturated rings. The van der Waals surface area contributed by atoms with Crippen molar-refractivity contribution in [3.05, 3.63) is 18.1 Å². The first-order valence-electron chi connectivity index (χ1n) is 4.75. The fourth-order valence-electron chi connectivity index (χ4n) is 1.04. The van der Waals surface area contributed by atoms with E-state index in [2.05, 4.69) is 23.8 Å². The van der Waals surface area contributed by atoms with Crippen LogP contribution in [-0.4, -0.2) is 23.1 Å². The first kappa shape index (κ1) is 10.9. The van der Waals surface area contributed by atoms with Gasteiger partial charge in [-0.15, -0.1) is 0 Å². The smallest absolute Gasteiger partial charge is 0.216 e. The van der Waals surface area contributed by atoms with Crippen molar-refractivity contribution in [2.75, 3.05) is 7.11 Å². The Balaban J connectivity index is 2.66. The molecule has 0 amide bonds. The monoisotopic (exact) mass is 195 g/mol. The van der Waals surface area contributed by atoms with Gasteiger partial charge in [-0.3, -0.25) is 0 Å². The molecule has 1 heterocycles. The lowest BCUT2D eigenvalue weighted by Gasteiger charge is -2.14. The zero-order valence-corrected chi connectivity index (χ0v) is 8.90. The number of nitrogens with zero attached hydrogens (tertiary/aromatic N) is 2. The maximum atomic E-state index is 5.92. The summed E-state index contributed by atoms with van der Waals surface area (Å²) >= 11 is 0. The molecule has 1 atom stereocenters. The third-order valence-electron chi connectivity index (χ3n) is 2.16. The molecule has 1 aromatic rings. The van der Waals surface area contributed by atoms with Crippen LogP contribution in [0.1, 0.15) is 19.7 Å². The molecule has 0 saturated carbocycles. The molecule has 1 unspecified atom stereocenters. The molecule has 0 spiro atoms. The summed E-state index contributed by atoms with van der Waals surface area (Å²) in [6.45, 7) is 4.18. The van der Waals surface area contributed by atoms with Crippen LogP contribution in [-0.2, 0) is 6.42 Å². The molecule has 1 rings (SSSR count). The molecule has 4 nitrogen and oxygen atoms in total. The van der Waals surface area contributed by atoms with Gasteiger partial charge >= 0.3 is 0 Å². The molecule has 0 aromatic carbocycles. The minimum atomic E-state index is 0.0992. The maximum absolute atomic E-state index is 5.92. The van der Waals surface area contributed by atoms with Crippen LogP contribution in [0.4, 0.5) is 0 Å². The Morgan fingerprint density at radius 2 is 2.21 bits per heavy atom. The molecule has 4 heteroatoms. The number of hydrogen-bond acceptors (Lipinski definition) is 4. The SMILES string of the molecule is COc1ccnc(CC(N)C(C)C)n1. The van der Waals surface area contributed by atoms with Crippen molar-refractivity contribution in [1.82, 2.24) is 9.97 Å². The lowest BCUT2D eigenvalue weighted by Crippen LogP contribution is -2.29. The van der Waals surface area contributed by atoms with Crippen LogP contribution in [0.25, 0.3) is 0 Å². The molecule has 1 aromatic heterocycles. The van der Waals surface area contributed by atoms with Crippen LogP contribution in [0, 0.1) is 5.92 Å². The van der Waals surface area contributed by atoms with Crippen molar-refractivity contribution in [2.24, 2.45) is 11.7 Å². The van der Waals surface area contributed by atoms with Crippen LogP contribution in [0.2, 0.25) is 0 Å². The van der Waals surface area contributed by atoms with Gasteiger partial charge in [-0.1, -0.05) is 13.8 Å². The highest BCUT2D eigenvalue weighted by Crippen LogP contribution is 2.08. The molecule has 0 saturated heterocycles. The van der Waals surface area contributed by atoms with E-state index in [1.54, 1.807) is 19.4 Å². The number of ether oxygens (including phenoxy) is 1. The Hall–Kier alpha value is -1.16. The molecule has 2 N–H and O–H groups in total. The normalized spacial score (nSPS) is 12.9. The van der Waals surface area contributed by atoms with Crippen LogP contribution >= 0.6 is 0 Å². The van der Waals surface area contributed by atoms with E-state index in [0.29, 0.717) is 18.2 Å². The van der Waals surface area contributed by atoms with Gasteiger partial charge in [-0.25, -0.2) is 4.98 Å². The predicted octanol–water partition coefficient (Wildman–Crippen LogP) is 1.01. The van der Waals surface area contributed by atoms with Gasteiger partial charge in [-0.2, -0.15) is 4.98 Å².